The number of aromatic nitrogens is 2. The Morgan fingerprint density at radius 3 is 2.73 bits per heavy atom. The van der Waals surface area contributed by atoms with Crippen LogP contribution in [0, 0.1) is 6.92 Å². The number of carbonyl (C=O) groups excluding carboxylic acids is 1. The van der Waals surface area contributed by atoms with Gasteiger partial charge in [-0.3, -0.25) is 4.79 Å². The Morgan fingerprint density at radius 1 is 1.23 bits per heavy atom. The van der Waals surface area contributed by atoms with Gasteiger partial charge in [0.2, 0.25) is 5.91 Å². The number of hydrogen-bond acceptors (Lipinski definition) is 5. The summed E-state index contributed by atoms with van der Waals surface area (Å²) in [5.41, 5.74) is 2.96. The Balaban J connectivity index is 1.35. The highest BCUT2D eigenvalue weighted by Gasteiger charge is 2.27. The van der Waals surface area contributed by atoms with Crippen LogP contribution in [0.4, 0.5) is 0 Å². The molecular weight excluding hydrogens is 402 g/mol. The van der Waals surface area contributed by atoms with Crippen LogP contribution >= 0.6 is 11.6 Å². The van der Waals surface area contributed by atoms with E-state index in [0.29, 0.717) is 36.2 Å². The molecular formula is C23H24ClN3O3. The Hall–Kier alpha value is -2.86. The van der Waals surface area contributed by atoms with Gasteiger partial charge in [-0.15, -0.1) is 0 Å². The Kier molecular flexibility index (Phi) is 6.04. The molecule has 0 N–H and O–H groups in total. The standard InChI is InChI=1S/C23H24ClN3O3/c1-15-4-3-5-18(12-15)23-25-22(26-30-23)17-8-10-27(11-9-17)21(28)14-16-6-7-20(29-2)19(24)13-16/h3-7,12-13,17H,8-11,14H2,1-2H3. The molecule has 1 fully saturated rings. The highest BCUT2D eigenvalue weighted by Crippen LogP contribution is 2.29. The number of halogens is 1. The number of rotatable bonds is 5. The summed E-state index contributed by atoms with van der Waals surface area (Å²) in [4.78, 5) is 19.2. The van der Waals surface area contributed by atoms with Gasteiger partial charge in [-0.2, -0.15) is 4.98 Å². The summed E-state index contributed by atoms with van der Waals surface area (Å²) in [6.45, 7) is 3.40. The van der Waals surface area contributed by atoms with E-state index in [1.54, 1.807) is 19.2 Å². The fraction of sp³-hybridized carbons (Fsp3) is 0.348. The van der Waals surface area contributed by atoms with Crippen molar-refractivity contribution in [2.45, 2.75) is 32.1 Å². The summed E-state index contributed by atoms with van der Waals surface area (Å²) in [6, 6.07) is 13.5. The highest BCUT2D eigenvalue weighted by molar-refractivity contribution is 6.32. The summed E-state index contributed by atoms with van der Waals surface area (Å²) >= 11 is 6.17. The van der Waals surface area contributed by atoms with Gasteiger partial charge in [-0.25, -0.2) is 0 Å². The van der Waals surface area contributed by atoms with Gasteiger partial charge in [-0.1, -0.05) is 40.5 Å². The molecule has 2 aromatic carbocycles. The Labute approximate surface area is 180 Å². The smallest absolute Gasteiger partial charge is 0.257 e. The van der Waals surface area contributed by atoms with E-state index >= 15 is 0 Å². The minimum absolute atomic E-state index is 0.100. The first-order chi connectivity index (χ1) is 14.5. The molecule has 1 aliphatic heterocycles. The quantitative estimate of drug-likeness (QED) is 0.594. The predicted octanol–water partition coefficient (Wildman–Crippen LogP) is 4.66. The zero-order valence-electron chi connectivity index (χ0n) is 17.1. The van der Waals surface area contributed by atoms with Gasteiger partial charge in [0, 0.05) is 24.6 Å². The second kappa shape index (κ2) is 8.88. The van der Waals surface area contributed by atoms with Crippen LogP contribution in [-0.2, 0) is 11.2 Å². The number of benzene rings is 2. The van der Waals surface area contributed by atoms with Crippen molar-refractivity contribution in [2.24, 2.45) is 0 Å². The molecule has 2 heterocycles. The summed E-state index contributed by atoms with van der Waals surface area (Å²) in [5, 5.41) is 4.71. The minimum atomic E-state index is 0.100. The molecule has 7 heteroatoms. The molecule has 0 radical (unpaired) electrons. The number of amides is 1. The molecule has 0 aliphatic carbocycles. The predicted molar refractivity (Wildman–Crippen MR) is 115 cm³/mol. The molecule has 0 unspecified atom stereocenters. The number of methoxy groups -OCH3 is 1. The van der Waals surface area contributed by atoms with E-state index in [1.165, 1.54) is 0 Å². The van der Waals surface area contributed by atoms with Crippen molar-refractivity contribution < 1.29 is 14.1 Å². The molecule has 0 bridgehead atoms. The van der Waals surface area contributed by atoms with Crippen molar-refractivity contribution in [2.75, 3.05) is 20.2 Å². The third-order valence-corrected chi connectivity index (χ3v) is 5.79. The number of hydrogen-bond donors (Lipinski definition) is 0. The number of likely N-dealkylation sites (tertiary alicyclic amines) is 1. The van der Waals surface area contributed by atoms with Gasteiger partial charge >= 0.3 is 0 Å². The third-order valence-electron chi connectivity index (χ3n) is 5.49. The maximum atomic E-state index is 12.7. The maximum Gasteiger partial charge on any atom is 0.257 e. The van der Waals surface area contributed by atoms with Crippen LogP contribution in [0.1, 0.15) is 35.7 Å². The van der Waals surface area contributed by atoms with Crippen molar-refractivity contribution >= 4 is 17.5 Å². The SMILES string of the molecule is COc1ccc(CC(=O)N2CCC(c3noc(-c4cccc(C)c4)n3)CC2)cc1Cl. The number of carbonyl (C=O) groups is 1. The Morgan fingerprint density at radius 2 is 2.03 bits per heavy atom. The van der Waals surface area contributed by atoms with Gasteiger partial charge < -0.3 is 14.2 Å². The van der Waals surface area contributed by atoms with E-state index in [1.807, 2.05) is 42.2 Å². The van der Waals surface area contributed by atoms with Crippen LogP contribution in [0.3, 0.4) is 0 Å². The zero-order chi connectivity index (χ0) is 21.1. The van der Waals surface area contributed by atoms with Gasteiger partial charge in [0.15, 0.2) is 5.82 Å². The van der Waals surface area contributed by atoms with E-state index in [2.05, 4.69) is 10.1 Å². The fourth-order valence-corrected chi connectivity index (χ4v) is 4.07. The first kappa shape index (κ1) is 20.4. The van der Waals surface area contributed by atoms with Crippen molar-refractivity contribution in [3.8, 4) is 17.2 Å². The lowest BCUT2D eigenvalue weighted by atomic mass is 9.95. The van der Waals surface area contributed by atoms with Gasteiger partial charge in [0.1, 0.15) is 5.75 Å². The lowest BCUT2D eigenvalue weighted by Gasteiger charge is -2.30. The first-order valence-corrected chi connectivity index (χ1v) is 10.4. The number of aryl methyl sites for hydroxylation is 1. The van der Waals surface area contributed by atoms with Gasteiger partial charge in [0.05, 0.1) is 18.6 Å². The average molecular weight is 426 g/mol. The number of nitrogens with zero attached hydrogens (tertiary/aromatic N) is 3. The normalized spacial score (nSPS) is 14.7. The topological polar surface area (TPSA) is 68.5 Å². The van der Waals surface area contributed by atoms with Crippen molar-refractivity contribution in [3.63, 3.8) is 0 Å². The molecule has 1 aromatic heterocycles. The monoisotopic (exact) mass is 425 g/mol. The molecule has 1 amide bonds. The van der Waals surface area contributed by atoms with Crippen LogP contribution < -0.4 is 4.74 Å². The average Bonchev–Trinajstić information content (AvgIpc) is 3.24. The van der Waals surface area contributed by atoms with E-state index in [0.717, 1.165) is 35.4 Å². The minimum Gasteiger partial charge on any atom is -0.495 e. The van der Waals surface area contributed by atoms with E-state index in [9.17, 15) is 4.79 Å². The van der Waals surface area contributed by atoms with Crippen molar-refractivity contribution in [1.82, 2.24) is 15.0 Å². The lowest BCUT2D eigenvalue weighted by molar-refractivity contribution is -0.131. The van der Waals surface area contributed by atoms with Crippen LogP contribution in [-0.4, -0.2) is 41.1 Å². The van der Waals surface area contributed by atoms with Gasteiger partial charge in [-0.05, 0) is 49.6 Å². The molecule has 3 aromatic rings. The molecule has 156 valence electrons. The summed E-state index contributed by atoms with van der Waals surface area (Å²) in [7, 11) is 1.57. The lowest BCUT2D eigenvalue weighted by Crippen LogP contribution is -2.39. The molecule has 0 saturated carbocycles. The summed E-state index contributed by atoms with van der Waals surface area (Å²) in [5.74, 6) is 2.18. The van der Waals surface area contributed by atoms with E-state index in [4.69, 9.17) is 20.9 Å². The highest BCUT2D eigenvalue weighted by atomic mass is 35.5. The molecule has 30 heavy (non-hydrogen) atoms. The van der Waals surface area contributed by atoms with Crippen LogP contribution in [0.2, 0.25) is 5.02 Å². The molecule has 1 aliphatic rings. The molecule has 1 saturated heterocycles. The molecule has 0 spiro atoms. The largest absolute Gasteiger partial charge is 0.495 e. The molecule has 0 atom stereocenters. The summed E-state index contributed by atoms with van der Waals surface area (Å²) in [6.07, 6.45) is 1.97. The number of piperidine rings is 1. The number of ether oxygens (including phenoxy) is 1. The molecule has 6 nitrogen and oxygen atoms in total. The fourth-order valence-electron chi connectivity index (χ4n) is 3.79. The molecule has 4 rings (SSSR count). The second-order valence-electron chi connectivity index (χ2n) is 7.63. The summed E-state index contributed by atoms with van der Waals surface area (Å²) < 4.78 is 10.6. The van der Waals surface area contributed by atoms with E-state index in [-0.39, 0.29) is 11.8 Å². The van der Waals surface area contributed by atoms with Gasteiger partial charge in [0.25, 0.3) is 5.89 Å². The van der Waals surface area contributed by atoms with E-state index < -0.39 is 0 Å². The van der Waals surface area contributed by atoms with Crippen LogP contribution in [0.15, 0.2) is 47.0 Å². The van der Waals surface area contributed by atoms with Crippen LogP contribution in [0.5, 0.6) is 5.75 Å². The first-order valence-electron chi connectivity index (χ1n) is 10.0. The maximum absolute atomic E-state index is 12.7. The zero-order valence-corrected chi connectivity index (χ0v) is 17.9. The van der Waals surface area contributed by atoms with Crippen LogP contribution in [0.25, 0.3) is 11.5 Å². The second-order valence-corrected chi connectivity index (χ2v) is 8.04. The van der Waals surface area contributed by atoms with Crippen molar-refractivity contribution in [3.05, 3.63) is 64.4 Å². The third kappa shape index (κ3) is 4.49. The van der Waals surface area contributed by atoms with Crippen molar-refractivity contribution in [1.29, 1.82) is 0 Å². The Bertz CT molecular complexity index is 1040.